The molecule has 0 spiro atoms. The molecule has 0 atom stereocenters. The van der Waals surface area contributed by atoms with Gasteiger partial charge in [0, 0.05) is 20.2 Å². The molecule has 0 bridgehead atoms. The summed E-state index contributed by atoms with van der Waals surface area (Å²) in [6.07, 6.45) is 3.54. The number of benzene rings is 1. The van der Waals surface area contributed by atoms with E-state index in [0.717, 1.165) is 30.4 Å². The molecular formula is C15H24N2O3S. The van der Waals surface area contributed by atoms with Gasteiger partial charge in [-0.2, -0.15) is 0 Å². The summed E-state index contributed by atoms with van der Waals surface area (Å²) in [5.41, 5.74) is 6.91. The number of ether oxygens (including phenoxy) is 1. The molecule has 1 aromatic rings. The minimum absolute atomic E-state index is 0.321. The number of hydrogen-bond donors (Lipinski definition) is 2. The van der Waals surface area contributed by atoms with E-state index in [1.54, 1.807) is 13.2 Å². The second-order valence-corrected chi connectivity index (χ2v) is 7.30. The number of aryl methyl sites for hydroxylation is 1. The van der Waals surface area contributed by atoms with Crippen molar-refractivity contribution in [3.8, 4) is 0 Å². The van der Waals surface area contributed by atoms with Crippen LogP contribution in [-0.2, 0) is 27.7 Å². The van der Waals surface area contributed by atoms with E-state index >= 15 is 0 Å². The number of nitrogens with two attached hydrogens (primary N) is 1. The molecule has 6 heteroatoms. The Bertz CT molecular complexity index is 589. The van der Waals surface area contributed by atoms with Gasteiger partial charge >= 0.3 is 0 Å². The lowest BCUT2D eigenvalue weighted by Gasteiger charge is -2.40. The molecule has 2 rings (SSSR count). The zero-order valence-corrected chi connectivity index (χ0v) is 13.5. The highest BCUT2D eigenvalue weighted by Gasteiger charge is 2.38. The van der Waals surface area contributed by atoms with Crippen molar-refractivity contribution in [3.05, 3.63) is 29.3 Å². The zero-order chi connectivity index (χ0) is 15.5. The van der Waals surface area contributed by atoms with Crippen LogP contribution in [-0.4, -0.2) is 27.7 Å². The van der Waals surface area contributed by atoms with E-state index in [4.69, 9.17) is 10.5 Å². The van der Waals surface area contributed by atoms with Gasteiger partial charge in [-0.15, -0.1) is 0 Å². The molecule has 1 aliphatic rings. The Hall–Kier alpha value is -0.950. The summed E-state index contributed by atoms with van der Waals surface area (Å²) in [6.45, 7) is 2.59. The van der Waals surface area contributed by atoms with Gasteiger partial charge in [-0.3, -0.25) is 0 Å². The number of methoxy groups -OCH3 is 1. The molecule has 0 amide bonds. The van der Waals surface area contributed by atoms with Crippen LogP contribution in [0.4, 0.5) is 0 Å². The van der Waals surface area contributed by atoms with Gasteiger partial charge in [-0.1, -0.05) is 19.1 Å². The van der Waals surface area contributed by atoms with Crippen LogP contribution in [0.3, 0.4) is 0 Å². The Balaban J connectivity index is 2.22. The molecule has 0 aliphatic heterocycles. The molecule has 0 radical (unpaired) electrons. The summed E-state index contributed by atoms with van der Waals surface area (Å²) < 4.78 is 33.3. The number of nitrogens with one attached hydrogen (secondary N) is 1. The van der Waals surface area contributed by atoms with Crippen LogP contribution >= 0.6 is 0 Å². The summed E-state index contributed by atoms with van der Waals surface area (Å²) in [5, 5.41) is 0. The standard InChI is InChI=1S/C15H24N2O3S/c1-3-13-6-5-12(10-16)9-14(13)21(18,19)17-11-15(20-2)7-4-8-15/h5-6,9,17H,3-4,7-8,10-11,16H2,1-2H3. The van der Waals surface area contributed by atoms with Crippen LogP contribution < -0.4 is 10.5 Å². The lowest BCUT2D eigenvalue weighted by molar-refractivity contribution is -0.0659. The first-order valence-electron chi connectivity index (χ1n) is 7.33. The van der Waals surface area contributed by atoms with E-state index in [1.165, 1.54) is 0 Å². The molecule has 1 fully saturated rings. The minimum atomic E-state index is -3.54. The third kappa shape index (κ3) is 3.45. The monoisotopic (exact) mass is 312 g/mol. The average Bonchev–Trinajstić information content (AvgIpc) is 2.45. The Kier molecular flexibility index (Phi) is 5.03. The van der Waals surface area contributed by atoms with Crippen LogP contribution in [0.1, 0.15) is 37.3 Å². The van der Waals surface area contributed by atoms with Crippen molar-refractivity contribution in [1.29, 1.82) is 0 Å². The third-order valence-electron chi connectivity index (χ3n) is 4.32. The predicted molar refractivity (Wildman–Crippen MR) is 82.5 cm³/mol. The van der Waals surface area contributed by atoms with Gasteiger partial charge in [0.05, 0.1) is 10.5 Å². The summed E-state index contributed by atoms with van der Waals surface area (Å²) in [6, 6.07) is 5.38. The molecule has 0 unspecified atom stereocenters. The van der Waals surface area contributed by atoms with Gasteiger partial charge in [0.25, 0.3) is 0 Å². The highest BCUT2D eigenvalue weighted by molar-refractivity contribution is 7.89. The lowest BCUT2D eigenvalue weighted by Crippen LogP contribution is -2.49. The number of hydrogen-bond acceptors (Lipinski definition) is 4. The van der Waals surface area contributed by atoms with Crippen molar-refractivity contribution < 1.29 is 13.2 Å². The summed E-state index contributed by atoms with van der Waals surface area (Å²) in [4.78, 5) is 0.332. The molecule has 1 saturated carbocycles. The predicted octanol–water partition coefficient (Wildman–Crippen LogP) is 1.56. The Morgan fingerprint density at radius 2 is 2.10 bits per heavy atom. The molecule has 21 heavy (non-hydrogen) atoms. The molecule has 0 heterocycles. The van der Waals surface area contributed by atoms with Crippen molar-refractivity contribution in [2.75, 3.05) is 13.7 Å². The molecule has 118 valence electrons. The number of sulfonamides is 1. The normalized spacial score (nSPS) is 17.5. The quantitative estimate of drug-likeness (QED) is 0.800. The van der Waals surface area contributed by atoms with E-state index < -0.39 is 10.0 Å². The van der Waals surface area contributed by atoms with Gasteiger partial charge in [0.1, 0.15) is 0 Å². The van der Waals surface area contributed by atoms with Gasteiger partial charge in [-0.05, 0) is 42.9 Å². The van der Waals surface area contributed by atoms with E-state index in [-0.39, 0.29) is 5.60 Å². The molecule has 3 N–H and O–H groups in total. The molecule has 1 aromatic carbocycles. The fourth-order valence-electron chi connectivity index (χ4n) is 2.60. The first-order valence-corrected chi connectivity index (χ1v) is 8.81. The van der Waals surface area contributed by atoms with Gasteiger partial charge < -0.3 is 10.5 Å². The van der Waals surface area contributed by atoms with Crippen LogP contribution in [0.2, 0.25) is 0 Å². The fourth-order valence-corrected chi connectivity index (χ4v) is 4.07. The first-order chi connectivity index (χ1) is 9.96. The molecule has 5 nitrogen and oxygen atoms in total. The second kappa shape index (κ2) is 6.44. The molecule has 0 saturated heterocycles. The Labute approximate surface area is 126 Å². The smallest absolute Gasteiger partial charge is 0.240 e. The van der Waals surface area contributed by atoms with Crippen LogP contribution in [0.5, 0.6) is 0 Å². The van der Waals surface area contributed by atoms with Gasteiger partial charge in [-0.25, -0.2) is 13.1 Å². The highest BCUT2D eigenvalue weighted by atomic mass is 32.2. The first kappa shape index (κ1) is 16.4. The van der Waals surface area contributed by atoms with Crippen molar-refractivity contribution in [3.63, 3.8) is 0 Å². The third-order valence-corrected chi connectivity index (χ3v) is 5.80. The van der Waals surface area contributed by atoms with Crippen LogP contribution in [0.25, 0.3) is 0 Å². The molecule has 0 aromatic heterocycles. The summed E-state index contributed by atoms with van der Waals surface area (Å²) in [5.74, 6) is 0. The van der Waals surface area contributed by atoms with Crippen molar-refractivity contribution in [1.82, 2.24) is 4.72 Å². The summed E-state index contributed by atoms with van der Waals surface area (Å²) >= 11 is 0. The Morgan fingerprint density at radius 1 is 1.38 bits per heavy atom. The van der Waals surface area contributed by atoms with E-state index in [0.29, 0.717) is 24.4 Å². The SMILES string of the molecule is CCc1ccc(CN)cc1S(=O)(=O)NCC1(OC)CCC1. The van der Waals surface area contributed by atoms with Gasteiger partial charge in [0.15, 0.2) is 0 Å². The van der Waals surface area contributed by atoms with Crippen molar-refractivity contribution in [2.45, 2.75) is 49.6 Å². The maximum Gasteiger partial charge on any atom is 0.240 e. The molecular weight excluding hydrogens is 288 g/mol. The largest absolute Gasteiger partial charge is 0.377 e. The maximum atomic E-state index is 12.6. The van der Waals surface area contributed by atoms with E-state index in [1.807, 2.05) is 19.1 Å². The molecule has 1 aliphatic carbocycles. The fraction of sp³-hybridized carbons (Fsp3) is 0.600. The number of rotatable bonds is 7. The van der Waals surface area contributed by atoms with Crippen LogP contribution in [0, 0.1) is 0 Å². The topological polar surface area (TPSA) is 81.4 Å². The summed E-state index contributed by atoms with van der Waals surface area (Å²) in [7, 11) is -1.90. The van der Waals surface area contributed by atoms with E-state index in [2.05, 4.69) is 4.72 Å². The van der Waals surface area contributed by atoms with Crippen LogP contribution in [0.15, 0.2) is 23.1 Å². The lowest BCUT2D eigenvalue weighted by atomic mass is 9.80. The maximum absolute atomic E-state index is 12.6. The highest BCUT2D eigenvalue weighted by Crippen LogP contribution is 2.34. The zero-order valence-electron chi connectivity index (χ0n) is 12.7. The Morgan fingerprint density at radius 3 is 2.57 bits per heavy atom. The van der Waals surface area contributed by atoms with Gasteiger partial charge in [0.2, 0.25) is 10.0 Å². The van der Waals surface area contributed by atoms with E-state index in [9.17, 15) is 8.42 Å². The minimum Gasteiger partial charge on any atom is -0.377 e. The van der Waals surface area contributed by atoms with Crippen molar-refractivity contribution >= 4 is 10.0 Å². The van der Waals surface area contributed by atoms with Crippen molar-refractivity contribution in [2.24, 2.45) is 5.73 Å². The second-order valence-electron chi connectivity index (χ2n) is 5.56. The average molecular weight is 312 g/mol.